The maximum Gasteiger partial charge on any atom is 0.410 e. The van der Waals surface area contributed by atoms with E-state index in [-0.39, 0.29) is 12.1 Å². The fourth-order valence-electron chi connectivity index (χ4n) is 3.07. The number of carbonyl (C=O) groups excluding carboxylic acids is 2. The molecule has 0 saturated heterocycles. The van der Waals surface area contributed by atoms with E-state index >= 15 is 0 Å². The number of hydrogen-bond donors (Lipinski definition) is 0. The van der Waals surface area contributed by atoms with Crippen LogP contribution in [0, 0.1) is 0 Å². The van der Waals surface area contributed by atoms with Gasteiger partial charge in [0.1, 0.15) is 18.0 Å². The van der Waals surface area contributed by atoms with E-state index in [1.807, 2.05) is 51.1 Å². The molecule has 0 unspecified atom stereocenters. The van der Waals surface area contributed by atoms with Gasteiger partial charge in [-0.2, -0.15) is 0 Å². The standard InChI is InChI=1S/C23H27NO5/c1-5-27-21(25)17-8-6-16(7-9-17)18-10-11-20-19(14-18)15-24(12-13-28-20)22(26)29-23(2,3)4/h6-11,14H,5,12-13,15H2,1-4H3. The van der Waals surface area contributed by atoms with Crippen molar-refractivity contribution in [3.05, 3.63) is 53.6 Å². The van der Waals surface area contributed by atoms with E-state index < -0.39 is 5.60 Å². The Morgan fingerprint density at radius 1 is 1.07 bits per heavy atom. The Hall–Kier alpha value is -3.02. The minimum Gasteiger partial charge on any atom is -0.491 e. The number of nitrogens with zero attached hydrogens (tertiary/aromatic N) is 1. The fourth-order valence-corrected chi connectivity index (χ4v) is 3.07. The van der Waals surface area contributed by atoms with E-state index in [9.17, 15) is 9.59 Å². The highest BCUT2D eigenvalue weighted by Gasteiger charge is 2.25. The Labute approximate surface area is 171 Å². The second-order valence-electron chi connectivity index (χ2n) is 7.87. The first-order valence-corrected chi connectivity index (χ1v) is 9.78. The molecule has 3 rings (SSSR count). The van der Waals surface area contributed by atoms with E-state index in [1.165, 1.54) is 0 Å². The Morgan fingerprint density at radius 3 is 2.41 bits per heavy atom. The van der Waals surface area contributed by atoms with Crippen LogP contribution in [0.2, 0.25) is 0 Å². The first-order chi connectivity index (χ1) is 13.8. The molecule has 0 spiro atoms. The van der Waals surface area contributed by atoms with Gasteiger partial charge in [0.15, 0.2) is 0 Å². The Morgan fingerprint density at radius 2 is 1.76 bits per heavy atom. The first-order valence-electron chi connectivity index (χ1n) is 9.78. The lowest BCUT2D eigenvalue weighted by Gasteiger charge is -2.26. The molecule has 1 amide bonds. The molecular weight excluding hydrogens is 370 g/mol. The van der Waals surface area contributed by atoms with Gasteiger partial charge in [-0.3, -0.25) is 0 Å². The molecule has 0 radical (unpaired) electrons. The Kier molecular flexibility index (Phi) is 6.11. The molecule has 0 saturated carbocycles. The molecular formula is C23H27NO5. The zero-order valence-corrected chi connectivity index (χ0v) is 17.4. The summed E-state index contributed by atoms with van der Waals surface area (Å²) in [5, 5.41) is 0. The summed E-state index contributed by atoms with van der Waals surface area (Å²) in [7, 11) is 0. The second-order valence-corrected chi connectivity index (χ2v) is 7.87. The number of esters is 1. The van der Waals surface area contributed by atoms with Gasteiger partial charge in [0.05, 0.1) is 25.3 Å². The molecule has 0 bridgehead atoms. The maximum atomic E-state index is 12.5. The molecule has 0 aliphatic carbocycles. The number of benzene rings is 2. The second kappa shape index (κ2) is 8.55. The smallest absolute Gasteiger partial charge is 0.410 e. The molecule has 0 aromatic heterocycles. The van der Waals surface area contributed by atoms with Crippen LogP contribution in [-0.2, 0) is 16.0 Å². The van der Waals surface area contributed by atoms with E-state index in [4.69, 9.17) is 14.2 Å². The number of carbonyl (C=O) groups is 2. The van der Waals surface area contributed by atoms with Crippen molar-refractivity contribution in [1.29, 1.82) is 0 Å². The van der Waals surface area contributed by atoms with Crippen LogP contribution >= 0.6 is 0 Å². The molecule has 2 aromatic carbocycles. The lowest BCUT2D eigenvalue weighted by molar-refractivity contribution is 0.0225. The van der Waals surface area contributed by atoms with Crippen molar-refractivity contribution in [3.63, 3.8) is 0 Å². The SMILES string of the molecule is CCOC(=O)c1ccc(-c2ccc3c(c2)CN(C(=O)OC(C)(C)C)CCO3)cc1. The van der Waals surface area contributed by atoms with E-state index in [0.717, 1.165) is 22.4 Å². The van der Waals surface area contributed by atoms with Gasteiger partial charge >= 0.3 is 12.1 Å². The van der Waals surface area contributed by atoms with Crippen molar-refractivity contribution >= 4 is 12.1 Å². The summed E-state index contributed by atoms with van der Waals surface area (Å²) in [6.07, 6.45) is -0.349. The van der Waals surface area contributed by atoms with Gasteiger partial charge in [-0.15, -0.1) is 0 Å². The molecule has 0 N–H and O–H groups in total. The highest BCUT2D eigenvalue weighted by Crippen LogP contribution is 2.30. The van der Waals surface area contributed by atoms with Gasteiger partial charge < -0.3 is 19.1 Å². The number of ether oxygens (including phenoxy) is 3. The van der Waals surface area contributed by atoms with Crippen molar-refractivity contribution in [2.75, 3.05) is 19.8 Å². The van der Waals surface area contributed by atoms with Crippen LogP contribution in [0.15, 0.2) is 42.5 Å². The minimum atomic E-state index is -0.546. The van der Waals surface area contributed by atoms with Crippen molar-refractivity contribution in [2.45, 2.75) is 39.8 Å². The summed E-state index contributed by atoms with van der Waals surface area (Å²) >= 11 is 0. The zero-order valence-electron chi connectivity index (χ0n) is 17.4. The number of rotatable bonds is 3. The van der Waals surface area contributed by atoms with E-state index in [1.54, 1.807) is 24.0 Å². The Balaban J connectivity index is 1.81. The summed E-state index contributed by atoms with van der Waals surface area (Å²) < 4.78 is 16.3. The quantitative estimate of drug-likeness (QED) is 0.705. The van der Waals surface area contributed by atoms with Crippen LogP contribution in [0.5, 0.6) is 5.75 Å². The Bertz CT molecular complexity index is 883. The van der Waals surface area contributed by atoms with Crippen molar-refractivity contribution in [3.8, 4) is 16.9 Å². The number of hydrogen-bond acceptors (Lipinski definition) is 5. The molecule has 1 aliphatic heterocycles. The minimum absolute atomic E-state index is 0.331. The summed E-state index contributed by atoms with van der Waals surface area (Å²) in [5.74, 6) is 0.435. The van der Waals surface area contributed by atoms with Gasteiger partial charge in [-0.05, 0) is 63.1 Å². The zero-order chi connectivity index (χ0) is 21.0. The van der Waals surface area contributed by atoms with Crippen molar-refractivity contribution in [2.24, 2.45) is 0 Å². The predicted molar refractivity (Wildman–Crippen MR) is 110 cm³/mol. The van der Waals surface area contributed by atoms with E-state index in [0.29, 0.717) is 31.9 Å². The molecule has 1 heterocycles. The van der Waals surface area contributed by atoms with Gasteiger partial charge in [0, 0.05) is 5.56 Å². The third-order valence-corrected chi connectivity index (χ3v) is 4.42. The monoisotopic (exact) mass is 397 g/mol. The third kappa shape index (κ3) is 5.28. The van der Waals surface area contributed by atoms with Crippen molar-refractivity contribution in [1.82, 2.24) is 4.90 Å². The highest BCUT2D eigenvalue weighted by molar-refractivity contribution is 5.90. The molecule has 2 aromatic rings. The summed E-state index contributed by atoms with van der Waals surface area (Å²) in [4.78, 5) is 26.0. The summed E-state index contributed by atoms with van der Waals surface area (Å²) in [6.45, 7) is 8.98. The summed E-state index contributed by atoms with van der Waals surface area (Å²) in [5.41, 5.74) is 2.84. The van der Waals surface area contributed by atoms with Crippen molar-refractivity contribution < 1.29 is 23.8 Å². The van der Waals surface area contributed by atoms with Crippen LogP contribution < -0.4 is 4.74 Å². The van der Waals surface area contributed by atoms with Crippen LogP contribution in [0.3, 0.4) is 0 Å². The van der Waals surface area contributed by atoms with Crippen LogP contribution in [0.1, 0.15) is 43.6 Å². The van der Waals surface area contributed by atoms with Gasteiger partial charge in [-0.1, -0.05) is 18.2 Å². The molecule has 6 nitrogen and oxygen atoms in total. The average Bonchev–Trinajstić information content (AvgIpc) is 2.89. The molecule has 1 aliphatic rings. The lowest BCUT2D eigenvalue weighted by Crippen LogP contribution is -2.37. The van der Waals surface area contributed by atoms with Gasteiger partial charge in [-0.25, -0.2) is 9.59 Å². The molecule has 0 atom stereocenters. The predicted octanol–water partition coefficient (Wildman–Crippen LogP) is 4.66. The molecule has 29 heavy (non-hydrogen) atoms. The molecule has 6 heteroatoms. The lowest BCUT2D eigenvalue weighted by atomic mass is 10.0. The first kappa shape index (κ1) is 20.7. The summed E-state index contributed by atoms with van der Waals surface area (Å²) in [6, 6.07) is 13.2. The average molecular weight is 397 g/mol. The normalized spacial score (nSPS) is 13.7. The third-order valence-electron chi connectivity index (χ3n) is 4.42. The van der Waals surface area contributed by atoms with Gasteiger partial charge in [0.2, 0.25) is 0 Å². The fraction of sp³-hybridized carbons (Fsp3) is 0.391. The topological polar surface area (TPSA) is 65.1 Å². The molecule has 0 fully saturated rings. The van der Waals surface area contributed by atoms with Crippen LogP contribution in [-0.4, -0.2) is 42.3 Å². The number of amides is 1. The van der Waals surface area contributed by atoms with Crippen LogP contribution in [0.25, 0.3) is 11.1 Å². The largest absolute Gasteiger partial charge is 0.491 e. The van der Waals surface area contributed by atoms with E-state index in [2.05, 4.69) is 0 Å². The maximum absolute atomic E-state index is 12.5. The van der Waals surface area contributed by atoms with Gasteiger partial charge in [0.25, 0.3) is 0 Å². The number of fused-ring (bicyclic) bond motifs is 1. The molecule has 154 valence electrons. The van der Waals surface area contributed by atoms with Crippen LogP contribution in [0.4, 0.5) is 4.79 Å². The highest BCUT2D eigenvalue weighted by atomic mass is 16.6.